The Labute approximate surface area is 106 Å². The van der Waals surface area contributed by atoms with E-state index in [9.17, 15) is 9.59 Å². The lowest BCUT2D eigenvalue weighted by molar-refractivity contribution is -0.138. The molecule has 0 bridgehead atoms. The Kier molecular flexibility index (Phi) is 5.46. The molecule has 1 unspecified atom stereocenters. The van der Waals surface area contributed by atoms with Crippen LogP contribution in [0.3, 0.4) is 0 Å². The highest BCUT2D eigenvalue weighted by Crippen LogP contribution is 1.99. The summed E-state index contributed by atoms with van der Waals surface area (Å²) in [6, 6.07) is 9.19. The van der Waals surface area contributed by atoms with Gasteiger partial charge in [-0.3, -0.25) is 9.59 Å². The molecule has 94 valence electrons. The zero-order chi connectivity index (χ0) is 13.4. The van der Waals surface area contributed by atoms with Crippen LogP contribution < -0.4 is 5.32 Å². The molecule has 1 atom stereocenters. The minimum atomic E-state index is -0.868. The van der Waals surface area contributed by atoms with E-state index in [2.05, 4.69) is 17.2 Å². The third-order valence-corrected chi connectivity index (χ3v) is 2.23. The van der Waals surface area contributed by atoms with Crippen molar-refractivity contribution in [1.82, 2.24) is 5.32 Å². The summed E-state index contributed by atoms with van der Waals surface area (Å²) in [6.07, 6.45) is 0.0341. The van der Waals surface area contributed by atoms with Gasteiger partial charge in [-0.2, -0.15) is 0 Å². The fraction of sp³-hybridized carbons (Fsp3) is 0.286. The van der Waals surface area contributed by atoms with Gasteiger partial charge in [0.1, 0.15) is 0 Å². The maximum Gasteiger partial charge on any atom is 0.303 e. The van der Waals surface area contributed by atoms with Gasteiger partial charge < -0.3 is 10.4 Å². The summed E-state index contributed by atoms with van der Waals surface area (Å²) < 4.78 is 0. The molecule has 1 aromatic carbocycles. The van der Waals surface area contributed by atoms with Crippen molar-refractivity contribution in [2.24, 2.45) is 5.92 Å². The van der Waals surface area contributed by atoms with Crippen molar-refractivity contribution in [2.75, 3.05) is 6.54 Å². The van der Waals surface area contributed by atoms with Crippen molar-refractivity contribution in [2.45, 2.75) is 13.3 Å². The summed E-state index contributed by atoms with van der Waals surface area (Å²) in [5, 5.41) is 11.1. The van der Waals surface area contributed by atoms with Crippen LogP contribution in [0.4, 0.5) is 0 Å². The number of aliphatic carboxylic acids is 1. The van der Waals surface area contributed by atoms with E-state index in [1.54, 1.807) is 6.92 Å². The Hall–Kier alpha value is -2.28. The van der Waals surface area contributed by atoms with E-state index in [1.807, 2.05) is 30.3 Å². The second-order valence-corrected chi connectivity index (χ2v) is 4.03. The summed E-state index contributed by atoms with van der Waals surface area (Å²) in [5.74, 6) is 3.82. The molecule has 2 N–H and O–H groups in total. The van der Waals surface area contributed by atoms with E-state index < -0.39 is 11.9 Å². The minimum Gasteiger partial charge on any atom is -0.481 e. The lowest BCUT2D eigenvalue weighted by Gasteiger charge is -2.07. The number of hydrogen-bond donors (Lipinski definition) is 2. The van der Waals surface area contributed by atoms with Crippen LogP contribution in [-0.4, -0.2) is 23.5 Å². The van der Waals surface area contributed by atoms with Gasteiger partial charge in [0.25, 0.3) is 5.91 Å². The monoisotopic (exact) mass is 245 g/mol. The van der Waals surface area contributed by atoms with Crippen molar-refractivity contribution >= 4 is 11.9 Å². The molecule has 0 radical (unpaired) electrons. The number of carbonyl (C=O) groups excluding carboxylic acids is 1. The number of carbonyl (C=O) groups is 2. The highest BCUT2D eigenvalue weighted by atomic mass is 16.4. The largest absolute Gasteiger partial charge is 0.481 e. The third kappa shape index (κ3) is 5.71. The van der Waals surface area contributed by atoms with Gasteiger partial charge in [0.05, 0.1) is 0 Å². The molecule has 18 heavy (non-hydrogen) atoms. The quantitative estimate of drug-likeness (QED) is 0.785. The van der Waals surface area contributed by atoms with Crippen LogP contribution in [0, 0.1) is 17.8 Å². The first-order valence-electron chi connectivity index (χ1n) is 5.64. The Balaban J connectivity index is 2.39. The molecular weight excluding hydrogens is 230 g/mol. The number of nitrogens with one attached hydrogen (secondary N) is 1. The molecule has 1 amide bonds. The number of hydrogen-bond acceptors (Lipinski definition) is 2. The zero-order valence-corrected chi connectivity index (χ0v) is 10.1. The predicted octanol–water partition coefficient (Wildman–Crippen LogP) is 1.27. The molecule has 1 rings (SSSR count). The van der Waals surface area contributed by atoms with Crippen LogP contribution in [0.2, 0.25) is 0 Å². The summed E-state index contributed by atoms with van der Waals surface area (Å²) in [5.41, 5.74) is 0.770. The molecule has 0 aliphatic heterocycles. The maximum absolute atomic E-state index is 11.4. The summed E-state index contributed by atoms with van der Waals surface area (Å²) in [4.78, 5) is 21.8. The van der Waals surface area contributed by atoms with E-state index in [-0.39, 0.29) is 12.3 Å². The lowest BCUT2D eigenvalue weighted by atomic mass is 10.1. The van der Waals surface area contributed by atoms with Crippen molar-refractivity contribution in [3.63, 3.8) is 0 Å². The van der Waals surface area contributed by atoms with E-state index in [4.69, 9.17) is 5.11 Å². The molecule has 4 nitrogen and oxygen atoms in total. The van der Waals surface area contributed by atoms with Gasteiger partial charge in [0.15, 0.2) is 0 Å². The second kappa shape index (κ2) is 7.13. The van der Waals surface area contributed by atoms with Gasteiger partial charge in [-0.25, -0.2) is 0 Å². The molecule has 0 aliphatic rings. The molecule has 0 aliphatic carbocycles. The Bertz CT molecular complexity index is 471. The normalized spacial score (nSPS) is 10.9. The van der Waals surface area contributed by atoms with Crippen LogP contribution >= 0.6 is 0 Å². The summed E-state index contributed by atoms with van der Waals surface area (Å²) in [7, 11) is 0. The molecule has 1 aromatic rings. The first kappa shape index (κ1) is 13.8. The molecule has 0 fully saturated rings. The van der Waals surface area contributed by atoms with Gasteiger partial charge in [-0.05, 0) is 18.1 Å². The molecule has 0 spiro atoms. The van der Waals surface area contributed by atoms with Gasteiger partial charge in [0.2, 0.25) is 0 Å². The number of benzene rings is 1. The first-order chi connectivity index (χ1) is 8.58. The fourth-order valence-electron chi connectivity index (χ4n) is 1.33. The Morgan fingerprint density at radius 1 is 1.33 bits per heavy atom. The standard InChI is InChI=1S/C14H15NO3/c1-11(9-14(17)18)10-15-13(16)8-7-12-5-3-2-4-6-12/h2-6,11H,9-10H2,1H3,(H,15,16)(H,17,18). The van der Waals surface area contributed by atoms with Gasteiger partial charge in [0, 0.05) is 24.4 Å². The highest BCUT2D eigenvalue weighted by Gasteiger charge is 2.07. The van der Waals surface area contributed by atoms with E-state index in [0.29, 0.717) is 6.54 Å². The summed E-state index contributed by atoms with van der Waals surface area (Å²) >= 11 is 0. The molecule has 0 heterocycles. The number of carboxylic acid groups (broad SMARTS) is 1. The summed E-state index contributed by atoms with van der Waals surface area (Å²) in [6.45, 7) is 2.08. The molecule has 0 saturated heterocycles. The Morgan fingerprint density at radius 2 is 2.00 bits per heavy atom. The van der Waals surface area contributed by atoms with Crippen LogP contribution in [0.1, 0.15) is 18.9 Å². The van der Waals surface area contributed by atoms with Crippen LogP contribution in [-0.2, 0) is 9.59 Å². The average molecular weight is 245 g/mol. The van der Waals surface area contributed by atoms with E-state index in [0.717, 1.165) is 5.56 Å². The van der Waals surface area contributed by atoms with Gasteiger partial charge >= 0.3 is 5.97 Å². The second-order valence-electron chi connectivity index (χ2n) is 4.03. The average Bonchev–Trinajstić information content (AvgIpc) is 2.34. The fourth-order valence-corrected chi connectivity index (χ4v) is 1.33. The van der Waals surface area contributed by atoms with Crippen molar-refractivity contribution in [3.8, 4) is 11.8 Å². The van der Waals surface area contributed by atoms with Gasteiger partial charge in [-0.15, -0.1) is 0 Å². The third-order valence-electron chi connectivity index (χ3n) is 2.23. The zero-order valence-electron chi connectivity index (χ0n) is 10.1. The van der Waals surface area contributed by atoms with Crippen LogP contribution in [0.15, 0.2) is 30.3 Å². The topological polar surface area (TPSA) is 66.4 Å². The Morgan fingerprint density at radius 3 is 2.61 bits per heavy atom. The molecule has 0 aromatic heterocycles. The predicted molar refractivity (Wildman–Crippen MR) is 67.7 cm³/mol. The molecule has 4 heteroatoms. The van der Waals surface area contributed by atoms with Crippen molar-refractivity contribution in [3.05, 3.63) is 35.9 Å². The van der Waals surface area contributed by atoms with E-state index >= 15 is 0 Å². The van der Waals surface area contributed by atoms with Crippen molar-refractivity contribution in [1.29, 1.82) is 0 Å². The highest BCUT2D eigenvalue weighted by molar-refractivity contribution is 5.94. The first-order valence-corrected chi connectivity index (χ1v) is 5.64. The van der Waals surface area contributed by atoms with Gasteiger partial charge in [-0.1, -0.05) is 31.0 Å². The molecular formula is C14H15NO3. The lowest BCUT2D eigenvalue weighted by Crippen LogP contribution is -2.28. The van der Waals surface area contributed by atoms with Crippen LogP contribution in [0.5, 0.6) is 0 Å². The minimum absolute atomic E-state index is 0.0341. The van der Waals surface area contributed by atoms with Crippen LogP contribution in [0.25, 0.3) is 0 Å². The number of amides is 1. The number of rotatable bonds is 4. The SMILES string of the molecule is CC(CNC(=O)C#Cc1ccccc1)CC(=O)O. The molecule has 0 saturated carbocycles. The van der Waals surface area contributed by atoms with E-state index in [1.165, 1.54) is 0 Å². The smallest absolute Gasteiger partial charge is 0.303 e. The maximum atomic E-state index is 11.4. The number of carboxylic acids is 1. The van der Waals surface area contributed by atoms with Crippen molar-refractivity contribution < 1.29 is 14.7 Å².